The summed E-state index contributed by atoms with van der Waals surface area (Å²) in [5.74, 6) is -0.360. The Morgan fingerprint density at radius 3 is 1.89 bits per heavy atom. The maximum absolute atomic E-state index is 11.6. The van der Waals surface area contributed by atoms with Crippen LogP contribution in [0, 0.1) is 0 Å². The van der Waals surface area contributed by atoms with Crippen molar-refractivity contribution in [2.45, 2.75) is 13.3 Å². The Hall–Kier alpha value is -1.08. The average molecular weight is 290 g/mol. The van der Waals surface area contributed by atoms with Crippen LogP contribution in [0.4, 0.5) is 0 Å². The Labute approximate surface area is 118 Å². The van der Waals surface area contributed by atoms with E-state index in [0.717, 1.165) is 0 Å². The number of thiocarbonyl (C=S) groups is 2. The van der Waals surface area contributed by atoms with Gasteiger partial charge in [-0.25, -0.2) is 0 Å². The van der Waals surface area contributed by atoms with Crippen LogP contribution in [0.5, 0.6) is 0 Å². The van der Waals surface area contributed by atoms with Crippen LogP contribution in [0.15, 0.2) is 0 Å². The largest absolute Gasteiger partial charge is 0.474 e. The topological polar surface area (TPSA) is 49.9 Å². The van der Waals surface area contributed by atoms with Crippen molar-refractivity contribution in [1.29, 1.82) is 0 Å². The van der Waals surface area contributed by atoms with Crippen LogP contribution in [0.25, 0.3) is 0 Å². The molecule has 0 radical (unpaired) electrons. The van der Waals surface area contributed by atoms with Gasteiger partial charge in [0, 0.05) is 14.1 Å². The highest BCUT2D eigenvalue weighted by molar-refractivity contribution is 7.80. The first-order valence-corrected chi connectivity index (χ1v) is 6.13. The maximum atomic E-state index is 11.6. The summed E-state index contributed by atoms with van der Waals surface area (Å²) in [6.45, 7) is 1.95. The number of carbonyl (C=O) groups excluding carboxylic acids is 2. The lowest BCUT2D eigenvalue weighted by Gasteiger charge is -2.18. The second kappa shape index (κ2) is 8.10. The molecule has 0 fully saturated rings. The van der Waals surface area contributed by atoms with Gasteiger partial charge in [0.1, 0.15) is 0 Å². The Balaban J connectivity index is 4.13. The first-order valence-electron chi connectivity index (χ1n) is 5.32. The predicted molar refractivity (Wildman–Crippen MR) is 77.8 cm³/mol. The molecule has 0 heterocycles. The van der Waals surface area contributed by atoms with Gasteiger partial charge in [-0.3, -0.25) is 9.59 Å². The minimum atomic E-state index is -0.197. The third-order valence-corrected chi connectivity index (χ3v) is 3.04. The maximum Gasteiger partial charge on any atom is 0.259 e. The van der Waals surface area contributed by atoms with Gasteiger partial charge in [0.15, 0.2) is 11.6 Å². The van der Waals surface area contributed by atoms with Gasteiger partial charge in [-0.15, -0.1) is 0 Å². The van der Waals surface area contributed by atoms with E-state index in [1.54, 1.807) is 25.9 Å². The van der Waals surface area contributed by atoms with Gasteiger partial charge in [-0.05, 0) is 19.1 Å². The first kappa shape index (κ1) is 16.9. The average Bonchev–Trinajstić information content (AvgIpc) is 2.26. The second-order valence-electron chi connectivity index (χ2n) is 3.96. The van der Waals surface area contributed by atoms with Crippen molar-refractivity contribution in [3.8, 4) is 0 Å². The molecular formula is C11H18N2O3S2. The van der Waals surface area contributed by atoms with E-state index in [9.17, 15) is 9.59 Å². The van der Waals surface area contributed by atoms with Crippen molar-refractivity contribution in [1.82, 2.24) is 9.80 Å². The number of rotatable bonds is 6. The number of hydrogen-bond acceptors (Lipinski definition) is 5. The van der Waals surface area contributed by atoms with Gasteiger partial charge < -0.3 is 14.5 Å². The van der Waals surface area contributed by atoms with E-state index >= 15 is 0 Å². The number of carbonyl (C=O) groups is 2. The number of likely N-dealkylation sites (N-methyl/N-ethyl adjacent to an activating group) is 2. The zero-order valence-electron chi connectivity index (χ0n) is 11.1. The van der Waals surface area contributed by atoms with Crippen LogP contribution in [0.2, 0.25) is 0 Å². The summed E-state index contributed by atoms with van der Waals surface area (Å²) in [4.78, 5) is 26.9. The molecule has 0 saturated heterocycles. The molecule has 0 rings (SSSR count). The van der Waals surface area contributed by atoms with Gasteiger partial charge in [-0.1, -0.05) is 12.2 Å². The Bertz CT molecular complexity index is 358. The minimum Gasteiger partial charge on any atom is -0.474 e. The first-order chi connectivity index (χ1) is 8.27. The Morgan fingerprint density at radius 1 is 1.06 bits per heavy atom. The molecule has 0 aromatic heterocycles. The molecule has 0 aliphatic heterocycles. The Kier molecular flexibility index (Phi) is 7.61. The lowest BCUT2D eigenvalue weighted by molar-refractivity contribution is -0.127. The lowest BCUT2D eigenvalue weighted by Crippen LogP contribution is -2.34. The van der Waals surface area contributed by atoms with Gasteiger partial charge >= 0.3 is 0 Å². The molecule has 102 valence electrons. The van der Waals surface area contributed by atoms with E-state index in [2.05, 4.69) is 0 Å². The third-order valence-electron chi connectivity index (χ3n) is 2.25. The molecule has 0 amide bonds. The van der Waals surface area contributed by atoms with Crippen molar-refractivity contribution in [2.24, 2.45) is 0 Å². The molecule has 0 aliphatic carbocycles. The molecule has 0 spiro atoms. The summed E-state index contributed by atoms with van der Waals surface area (Å²) in [5, 5.41) is 0.225. The number of ketones is 2. The molecule has 0 aromatic carbocycles. The highest BCUT2D eigenvalue weighted by atomic mass is 32.1. The lowest BCUT2D eigenvalue weighted by atomic mass is 10.2. The number of ether oxygens (including phenoxy) is 1. The molecule has 0 saturated carbocycles. The van der Waals surface area contributed by atoms with Gasteiger partial charge in [0.2, 0.25) is 0 Å². The Morgan fingerprint density at radius 2 is 1.50 bits per heavy atom. The van der Waals surface area contributed by atoms with E-state index in [0.29, 0.717) is 4.99 Å². The number of nitrogens with zero attached hydrogens (tertiary/aromatic N) is 2. The fourth-order valence-corrected chi connectivity index (χ4v) is 1.32. The van der Waals surface area contributed by atoms with Crippen LogP contribution >= 0.6 is 24.4 Å². The fourth-order valence-electron chi connectivity index (χ4n) is 1.19. The summed E-state index contributed by atoms with van der Waals surface area (Å²) in [7, 11) is 4.80. The molecule has 7 heteroatoms. The smallest absolute Gasteiger partial charge is 0.259 e. The van der Waals surface area contributed by atoms with Crippen molar-refractivity contribution in [3.63, 3.8) is 0 Å². The molecular weight excluding hydrogens is 272 g/mol. The second-order valence-corrected chi connectivity index (χ2v) is 4.90. The monoisotopic (exact) mass is 290 g/mol. The van der Waals surface area contributed by atoms with Crippen molar-refractivity contribution >= 4 is 46.2 Å². The SMILES string of the molecule is COC(=S)N(C)CC(=O)CC(=O)CN(C)C(C)=S. The van der Waals surface area contributed by atoms with E-state index in [1.807, 2.05) is 0 Å². The molecule has 0 unspecified atom stereocenters. The minimum absolute atomic E-state index is 0.0682. The molecule has 0 aliphatic rings. The van der Waals surface area contributed by atoms with Crippen LogP contribution < -0.4 is 0 Å². The summed E-state index contributed by atoms with van der Waals surface area (Å²) >= 11 is 9.77. The summed E-state index contributed by atoms with van der Waals surface area (Å²) in [6, 6.07) is 0. The van der Waals surface area contributed by atoms with Gasteiger partial charge in [0.25, 0.3) is 5.17 Å². The van der Waals surface area contributed by atoms with Crippen LogP contribution in [-0.4, -0.2) is 65.8 Å². The molecule has 0 aromatic rings. The number of hydrogen-bond donors (Lipinski definition) is 0. The van der Waals surface area contributed by atoms with Gasteiger partial charge in [-0.2, -0.15) is 0 Å². The van der Waals surface area contributed by atoms with E-state index in [-0.39, 0.29) is 36.3 Å². The molecule has 0 bridgehead atoms. The van der Waals surface area contributed by atoms with Crippen molar-refractivity contribution in [2.75, 3.05) is 34.3 Å². The summed E-state index contributed by atoms with van der Waals surface area (Å²) in [5.41, 5.74) is 0. The molecule has 0 N–H and O–H groups in total. The molecule has 18 heavy (non-hydrogen) atoms. The van der Waals surface area contributed by atoms with E-state index in [1.165, 1.54) is 12.0 Å². The molecule has 5 nitrogen and oxygen atoms in total. The zero-order valence-corrected chi connectivity index (χ0v) is 12.7. The van der Waals surface area contributed by atoms with Gasteiger partial charge in [0.05, 0.1) is 31.6 Å². The fraction of sp³-hybridized carbons (Fsp3) is 0.636. The third kappa shape index (κ3) is 6.61. The van der Waals surface area contributed by atoms with E-state index < -0.39 is 0 Å². The highest BCUT2D eigenvalue weighted by Crippen LogP contribution is 1.96. The predicted octanol–water partition coefficient (Wildman–Crippen LogP) is 0.657. The zero-order chi connectivity index (χ0) is 14.3. The highest BCUT2D eigenvalue weighted by Gasteiger charge is 2.15. The quantitative estimate of drug-likeness (QED) is 0.526. The van der Waals surface area contributed by atoms with E-state index in [4.69, 9.17) is 29.2 Å². The number of Topliss-reactive ketones (excluding diaryl/α,β-unsaturated/α-hetero) is 2. The van der Waals surface area contributed by atoms with Crippen molar-refractivity contribution in [3.05, 3.63) is 0 Å². The summed E-state index contributed by atoms with van der Waals surface area (Å²) < 4.78 is 4.81. The van der Waals surface area contributed by atoms with Crippen molar-refractivity contribution < 1.29 is 14.3 Å². The van der Waals surface area contributed by atoms with Crippen LogP contribution in [0.3, 0.4) is 0 Å². The molecule has 0 atom stereocenters. The summed E-state index contributed by atoms with van der Waals surface area (Å²) in [6.07, 6.45) is -0.121. The number of methoxy groups -OCH3 is 1. The van der Waals surface area contributed by atoms with Crippen LogP contribution in [-0.2, 0) is 14.3 Å². The van der Waals surface area contributed by atoms with Crippen LogP contribution in [0.1, 0.15) is 13.3 Å². The normalized spacial score (nSPS) is 9.56. The standard InChI is InChI=1S/C11H18N2O3S2/c1-8(17)12(2)6-9(14)5-10(15)7-13(3)11(18)16-4/h5-7H2,1-4H3.